The number of carbonyl (C=O) groups is 5. The summed E-state index contributed by atoms with van der Waals surface area (Å²) in [6, 6.07) is 18.9. The lowest BCUT2D eigenvalue weighted by molar-refractivity contribution is -0.146. The molecule has 3 aromatic carbocycles. The van der Waals surface area contributed by atoms with Crippen molar-refractivity contribution in [2.75, 3.05) is 66.6 Å². The van der Waals surface area contributed by atoms with Crippen molar-refractivity contribution in [2.24, 2.45) is 0 Å². The molecular formula is C44H56N4O12. The van der Waals surface area contributed by atoms with Crippen LogP contribution in [0, 0.1) is 0 Å². The Labute approximate surface area is 350 Å². The number of hydrogen-bond donors (Lipinski definition) is 4. The Kier molecular flexibility index (Phi) is 15.9. The molecule has 60 heavy (non-hydrogen) atoms. The second-order valence-electron chi connectivity index (χ2n) is 15.3. The SMILES string of the molecule is COC(=O)[C@H](C)NC(=O)[C@](C)(Cc1ccc2c(c1)OCCOCCOCCOCCO2)NC(=O)C(C)(C)NC(=O)[C@H](C)NC(=O)OCC1c2ccccc2-c2ccccc21. The molecule has 0 unspecified atom stereocenters. The van der Waals surface area contributed by atoms with Gasteiger partial charge in [-0.25, -0.2) is 9.59 Å². The molecule has 4 amide bonds. The zero-order chi connectivity index (χ0) is 43.3. The van der Waals surface area contributed by atoms with E-state index in [0.717, 1.165) is 22.3 Å². The van der Waals surface area contributed by atoms with Gasteiger partial charge in [0.25, 0.3) is 0 Å². The van der Waals surface area contributed by atoms with Crippen molar-refractivity contribution in [2.45, 2.75) is 70.1 Å². The van der Waals surface area contributed by atoms with E-state index in [1.54, 1.807) is 18.2 Å². The molecular weight excluding hydrogens is 776 g/mol. The first-order valence-electron chi connectivity index (χ1n) is 20.0. The van der Waals surface area contributed by atoms with Crippen LogP contribution in [-0.2, 0) is 49.3 Å². The van der Waals surface area contributed by atoms with Gasteiger partial charge in [0.15, 0.2) is 11.5 Å². The number of hydrogen-bond acceptors (Lipinski definition) is 12. The smallest absolute Gasteiger partial charge is 0.407 e. The molecule has 2 aliphatic rings. The van der Waals surface area contributed by atoms with E-state index in [9.17, 15) is 24.0 Å². The zero-order valence-corrected chi connectivity index (χ0v) is 35.1. The normalized spacial score (nSPS) is 16.8. The molecule has 324 valence electrons. The zero-order valence-electron chi connectivity index (χ0n) is 35.1. The predicted octanol–water partition coefficient (Wildman–Crippen LogP) is 3.42. The summed E-state index contributed by atoms with van der Waals surface area (Å²) in [6.07, 6.45) is -0.874. The lowest BCUT2D eigenvalue weighted by atomic mass is 9.89. The summed E-state index contributed by atoms with van der Waals surface area (Å²) in [5.41, 5.74) is 1.56. The number of benzene rings is 3. The lowest BCUT2D eigenvalue weighted by Gasteiger charge is -2.35. The quantitative estimate of drug-likeness (QED) is 0.195. The van der Waals surface area contributed by atoms with E-state index >= 15 is 0 Å². The fraction of sp³-hybridized carbons (Fsp3) is 0.477. The minimum atomic E-state index is -1.68. The highest BCUT2D eigenvalue weighted by molar-refractivity contribution is 5.98. The van der Waals surface area contributed by atoms with E-state index in [0.29, 0.717) is 50.1 Å². The maximum atomic E-state index is 14.0. The summed E-state index contributed by atoms with van der Waals surface area (Å²) < 4.78 is 39.0. The van der Waals surface area contributed by atoms with Crippen molar-refractivity contribution in [3.63, 3.8) is 0 Å². The van der Waals surface area contributed by atoms with Gasteiger partial charge in [0.05, 0.1) is 46.8 Å². The third-order valence-electron chi connectivity index (χ3n) is 10.1. The van der Waals surface area contributed by atoms with Crippen LogP contribution in [0.1, 0.15) is 57.2 Å². The molecule has 5 rings (SSSR count). The lowest BCUT2D eigenvalue weighted by Crippen LogP contribution is -2.66. The summed E-state index contributed by atoms with van der Waals surface area (Å²) in [6.45, 7) is 10.1. The van der Waals surface area contributed by atoms with E-state index in [1.165, 1.54) is 41.7 Å². The number of methoxy groups -OCH3 is 1. The summed E-state index contributed by atoms with van der Waals surface area (Å²) in [7, 11) is 1.20. The molecule has 0 aromatic heterocycles. The number of rotatable bonds is 12. The molecule has 16 nitrogen and oxygen atoms in total. The van der Waals surface area contributed by atoms with Gasteiger partial charge >= 0.3 is 12.1 Å². The molecule has 0 saturated carbocycles. The van der Waals surface area contributed by atoms with Crippen LogP contribution in [0.2, 0.25) is 0 Å². The van der Waals surface area contributed by atoms with Gasteiger partial charge in [-0.1, -0.05) is 54.6 Å². The molecule has 1 heterocycles. The molecule has 0 radical (unpaired) electrons. The Morgan fingerprint density at radius 3 is 1.82 bits per heavy atom. The highest BCUT2D eigenvalue weighted by Gasteiger charge is 2.42. The summed E-state index contributed by atoms with van der Waals surface area (Å²) in [4.78, 5) is 66.6. The summed E-state index contributed by atoms with van der Waals surface area (Å²) in [5.74, 6) is -2.12. The van der Waals surface area contributed by atoms with Gasteiger partial charge in [-0.05, 0) is 74.6 Å². The number of carbonyl (C=O) groups excluding carboxylic acids is 5. The summed E-state index contributed by atoms with van der Waals surface area (Å²) in [5, 5.41) is 10.6. The van der Waals surface area contributed by atoms with Crippen LogP contribution in [0.25, 0.3) is 11.1 Å². The van der Waals surface area contributed by atoms with Crippen molar-refractivity contribution in [3.8, 4) is 22.6 Å². The fourth-order valence-electron chi connectivity index (χ4n) is 6.80. The van der Waals surface area contributed by atoms with E-state index in [4.69, 9.17) is 33.2 Å². The first-order valence-corrected chi connectivity index (χ1v) is 20.0. The van der Waals surface area contributed by atoms with Crippen molar-refractivity contribution in [3.05, 3.63) is 83.4 Å². The molecule has 0 bridgehead atoms. The first kappa shape index (κ1) is 45.4. The van der Waals surface area contributed by atoms with E-state index in [2.05, 4.69) is 21.3 Å². The Balaban J connectivity index is 1.25. The van der Waals surface area contributed by atoms with Gasteiger partial charge in [0.1, 0.15) is 43.0 Å². The maximum absolute atomic E-state index is 14.0. The van der Waals surface area contributed by atoms with Gasteiger partial charge in [-0.15, -0.1) is 0 Å². The average molecular weight is 833 g/mol. The first-order chi connectivity index (χ1) is 28.7. The van der Waals surface area contributed by atoms with Crippen molar-refractivity contribution in [1.82, 2.24) is 21.3 Å². The monoisotopic (exact) mass is 832 g/mol. The molecule has 1 aliphatic heterocycles. The Bertz CT molecular complexity index is 1940. The average Bonchev–Trinajstić information content (AvgIpc) is 3.54. The number of alkyl carbamates (subject to hydrolysis) is 1. The van der Waals surface area contributed by atoms with Crippen LogP contribution in [0.15, 0.2) is 66.7 Å². The van der Waals surface area contributed by atoms with Crippen LogP contribution < -0.4 is 30.7 Å². The van der Waals surface area contributed by atoms with Crippen LogP contribution in [-0.4, -0.2) is 120 Å². The molecule has 3 aromatic rings. The maximum Gasteiger partial charge on any atom is 0.407 e. The third-order valence-corrected chi connectivity index (χ3v) is 10.1. The van der Waals surface area contributed by atoms with E-state index in [-0.39, 0.29) is 38.8 Å². The number of fused-ring (bicyclic) bond motifs is 4. The van der Waals surface area contributed by atoms with Crippen molar-refractivity contribution < 1.29 is 57.1 Å². The predicted molar refractivity (Wildman–Crippen MR) is 220 cm³/mol. The molecule has 4 N–H and O–H groups in total. The Morgan fingerprint density at radius 1 is 0.683 bits per heavy atom. The van der Waals surface area contributed by atoms with Gasteiger partial charge in [0, 0.05) is 12.3 Å². The molecule has 16 heteroatoms. The highest BCUT2D eigenvalue weighted by Crippen LogP contribution is 2.44. The number of nitrogens with one attached hydrogen (secondary N) is 4. The fourth-order valence-corrected chi connectivity index (χ4v) is 6.80. The van der Waals surface area contributed by atoms with Crippen molar-refractivity contribution in [1.29, 1.82) is 0 Å². The molecule has 0 fully saturated rings. The van der Waals surface area contributed by atoms with Crippen LogP contribution in [0.4, 0.5) is 4.79 Å². The second kappa shape index (κ2) is 21.0. The van der Waals surface area contributed by atoms with Crippen molar-refractivity contribution >= 4 is 29.8 Å². The minimum Gasteiger partial charge on any atom is -0.487 e. The van der Waals surface area contributed by atoms with Gasteiger partial charge in [-0.2, -0.15) is 0 Å². The molecule has 1 aliphatic carbocycles. The van der Waals surface area contributed by atoms with Gasteiger partial charge in [0.2, 0.25) is 17.7 Å². The topological polar surface area (TPSA) is 198 Å². The van der Waals surface area contributed by atoms with E-state index < -0.39 is 52.9 Å². The van der Waals surface area contributed by atoms with Gasteiger partial charge < -0.3 is 54.4 Å². The van der Waals surface area contributed by atoms with Crippen LogP contribution in [0.5, 0.6) is 11.5 Å². The Morgan fingerprint density at radius 2 is 1.23 bits per heavy atom. The van der Waals surface area contributed by atoms with Crippen LogP contribution >= 0.6 is 0 Å². The van der Waals surface area contributed by atoms with Gasteiger partial charge in [-0.3, -0.25) is 14.4 Å². The second-order valence-corrected chi connectivity index (χ2v) is 15.3. The molecule has 0 spiro atoms. The summed E-state index contributed by atoms with van der Waals surface area (Å²) >= 11 is 0. The number of ether oxygens (including phenoxy) is 7. The molecule has 0 saturated heterocycles. The third kappa shape index (κ3) is 11.9. The molecule has 3 atom stereocenters. The number of amides is 4. The minimum absolute atomic E-state index is 0.0555. The standard InChI is InChI=1S/C44H56N4O12/c1-28(46-42(53)60-27-35-33-13-9-7-11-31(33)32-12-8-10-14-34(32)35)38(49)47-43(3,4)40(51)48-44(5,41(52)45-29(2)39(50)54-6)26-30-15-16-36-37(25-30)59-24-22-57-20-18-55-17-19-56-21-23-58-36/h7-16,25,28-29,35H,17-24,26-27H2,1-6H3,(H,45,52)(H,46,53)(H,47,49)(H,48,51)/t28-,29-,44-/m0/s1. The highest BCUT2D eigenvalue weighted by atomic mass is 16.6. The van der Waals surface area contributed by atoms with E-state index in [1.807, 2.05) is 48.5 Å². The Hall–Kier alpha value is -5.71. The number of esters is 1. The van der Waals surface area contributed by atoms with Crippen LogP contribution in [0.3, 0.4) is 0 Å². The largest absolute Gasteiger partial charge is 0.487 e.